The van der Waals surface area contributed by atoms with E-state index in [1.807, 2.05) is 13.8 Å². The van der Waals surface area contributed by atoms with Gasteiger partial charge < -0.3 is 4.74 Å². The fraction of sp³-hybridized carbons (Fsp3) is 0.952. The lowest BCUT2D eigenvalue weighted by atomic mass is 9.89. The Morgan fingerprint density at radius 3 is 1.52 bits per heavy atom. The van der Waals surface area contributed by atoms with E-state index in [4.69, 9.17) is 4.74 Å². The predicted octanol–water partition coefficient (Wildman–Crippen LogP) is 6.91. The zero-order chi connectivity index (χ0) is 17.6. The van der Waals surface area contributed by atoms with Crippen molar-refractivity contribution in [3.05, 3.63) is 0 Å². The van der Waals surface area contributed by atoms with Crippen molar-refractivity contribution in [2.45, 2.75) is 112 Å². The van der Waals surface area contributed by atoms with Gasteiger partial charge in [-0.3, -0.25) is 4.79 Å². The average Bonchev–Trinajstić information content (AvgIpc) is 2.46. The summed E-state index contributed by atoms with van der Waals surface area (Å²) in [6.07, 6.45) is 16.0. The summed E-state index contributed by atoms with van der Waals surface area (Å²) in [6.45, 7) is 11.4. The molecule has 0 saturated carbocycles. The van der Waals surface area contributed by atoms with E-state index >= 15 is 0 Å². The summed E-state index contributed by atoms with van der Waals surface area (Å²) in [7, 11) is 0. The molecule has 0 aromatic carbocycles. The molecule has 0 atom stereocenters. The molecule has 0 aliphatic carbocycles. The second-order valence-corrected chi connectivity index (χ2v) is 8.52. The smallest absolute Gasteiger partial charge is 0.308 e. The van der Waals surface area contributed by atoms with Crippen LogP contribution in [0.1, 0.15) is 112 Å². The Labute approximate surface area is 145 Å². The third kappa shape index (κ3) is 17.7. The maximum atomic E-state index is 11.3. The Kier molecular flexibility index (Phi) is 13.5. The predicted molar refractivity (Wildman–Crippen MR) is 101 cm³/mol. The third-order valence-corrected chi connectivity index (χ3v) is 4.29. The van der Waals surface area contributed by atoms with Gasteiger partial charge in [-0.2, -0.15) is 0 Å². The zero-order valence-electron chi connectivity index (χ0n) is 16.6. The lowest BCUT2D eigenvalue weighted by Gasteiger charge is -2.17. The van der Waals surface area contributed by atoms with Crippen LogP contribution in [0.3, 0.4) is 0 Å². The normalized spacial score (nSPS) is 11.9. The van der Waals surface area contributed by atoms with Crippen LogP contribution >= 0.6 is 0 Å². The minimum absolute atomic E-state index is 0.00321. The van der Waals surface area contributed by atoms with E-state index in [-0.39, 0.29) is 11.9 Å². The quantitative estimate of drug-likeness (QED) is 0.256. The molecule has 0 heterocycles. The first-order valence-electron chi connectivity index (χ1n) is 9.99. The summed E-state index contributed by atoms with van der Waals surface area (Å²) in [4.78, 5) is 11.3. The molecule has 0 saturated heterocycles. The molecule has 0 fully saturated rings. The van der Waals surface area contributed by atoms with Crippen molar-refractivity contribution in [2.24, 2.45) is 11.3 Å². The number of rotatable bonds is 14. The van der Waals surface area contributed by atoms with Gasteiger partial charge in [0.15, 0.2) is 0 Å². The summed E-state index contributed by atoms with van der Waals surface area (Å²) in [5, 5.41) is 0. The van der Waals surface area contributed by atoms with Gasteiger partial charge in [-0.05, 0) is 18.3 Å². The van der Waals surface area contributed by atoms with Gasteiger partial charge in [-0.15, -0.1) is 0 Å². The highest BCUT2D eigenvalue weighted by molar-refractivity contribution is 5.71. The fourth-order valence-corrected chi connectivity index (χ4v) is 2.69. The number of hydrogen-bond donors (Lipinski definition) is 0. The van der Waals surface area contributed by atoms with Crippen molar-refractivity contribution in [1.29, 1.82) is 0 Å². The second kappa shape index (κ2) is 13.9. The minimum atomic E-state index is -0.0625. The number of esters is 1. The lowest BCUT2D eigenvalue weighted by molar-refractivity contribution is -0.147. The number of carbonyl (C=O) groups is 1. The van der Waals surface area contributed by atoms with Crippen molar-refractivity contribution < 1.29 is 9.53 Å². The molecule has 0 aliphatic heterocycles. The van der Waals surface area contributed by atoms with E-state index in [1.165, 1.54) is 70.6 Å². The van der Waals surface area contributed by atoms with Gasteiger partial charge in [0.1, 0.15) is 0 Å². The molecule has 138 valence electrons. The molecule has 0 aliphatic rings. The van der Waals surface area contributed by atoms with Crippen molar-refractivity contribution in [3.8, 4) is 0 Å². The van der Waals surface area contributed by atoms with Gasteiger partial charge in [-0.1, -0.05) is 98.8 Å². The van der Waals surface area contributed by atoms with Gasteiger partial charge in [0, 0.05) is 0 Å². The minimum Gasteiger partial charge on any atom is -0.465 e. The van der Waals surface area contributed by atoms with Crippen LogP contribution in [0.25, 0.3) is 0 Å². The number of unbranched alkanes of at least 4 members (excludes halogenated alkanes) is 10. The van der Waals surface area contributed by atoms with Crippen LogP contribution in [0.15, 0.2) is 0 Å². The molecule has 0 radical (unpaired) electrons. The Hall–Kier alpha value is -0.530. The summed E-state index contributed by atoms with van der Waals surface area (Å²) >= 11 is 0. The molecule has 2 nitrogen and oxygen atoms in total. The summed E-state index contributed by atoms with van der Waals surface area (Å²) < 4.78 is 5.18. The molecule has 2 heteroatoms. The lowest BCUT2D eigenvalue weighted by Crippen LogP contribution is -2.12. The fourth-order valence-electron chi connectivity index (χ4n) is 2.69. The molecule has 0 bridgehead atoms. The SMILES string of the molecule is CC(C)C(=O)OCCCCCCCCCCCCCC(C)(C)C. The highest BCUT2D eigenvalue weighted by Crippen LogP contribution is 2.22. The maximum Gasteiger partial charge on any atom is 0.308 e. The molecular formula is C21H42O2. The molecule has 0 N–H and O–H groups in total. The van der Waals surface area contributed by atoms with Crippen LogP contribution in [0.4, 0.5) is 0 Å². The Bertz CT molecular complexity index is 276. The van der Waals surface area contributed by atoms with E-state index in [0.717, 1.165) is 6.42 Å². The molecule has 0 amide bonds. The topological polar surface area (TPSA) is 26.3 Å². The van der Waals surface area contributed by atoms with Gasteiger partial charge in [-0.25, -0.2) is 0 Å². The summed E-state index contributed by atoms with van der Waals surface area (Å²) in [5.41, 5.74) is 0.507. The molecule has 23 heavy (non-hydrogen) atoms. The average molecular weight is 327 g/mol. The highest BCUT2D eigenvalue weighted by Gasteiger charge is 2.08. The molecule has 0 aromatic rings. The molecule has 0 rings (SSSR count). The van der Waals surface area contributed by atoms with Crippen molar-refractivity contribution in [1.82, 2.24) is 0 Å². The largest absolute Gasteiger partial charge is 0.465 e. The molecule has 0 unspecified atom stereocenters. The number of carbonyl (C=O) groups excluding carboxylic acids is 1. The number of hydrogen-bond acceptors (Lipinski definition) is 2. The van der Waals surface area contributed by atoms with Crippen LogP contribution < -0.4 is 0 Å². The van der Waals surface area contributed by atoms with E-state index in [2.05, 4.69) is 20.8 Å². The van der Waals surface area contributed by atoms with Crippen molar-refractivity contribution >= 4 is 5.97 Å². The van der Waals surface area contributed by atoms with Gasteiger partial charge >= 0.3 is 5.97 Å². The molecular weight excluding hydrogens is 284 g/mol. The zero-order valence-corrected chi connectivity index (χ0v) is 16.6. The van der Waals surface area contributed by atoms with E-state index in [9.17, 15) is 4.79 Å². The van der Waals surface area contributed by atoms with Gasteiger partial charge in [0.2, 0.25) is 0 Å². The van der Waals surface area contributed by atoms with E-state index in [0.29, 0.717) is 12.0 Å². The molecule has 0 spiro atoms. The summed E-state index contributed by atoms with van der Waals surface area (Å²) in [5.74, 6) is -0.0593. The van der Waals surface area contributed by atoms with Crippen LogP contribution in [0.2, 0.25) is 0 Å². The van der Waals surface area contributed by atoms with Crippen LogP contribution in [0, 0.1) is 11.3 Å². The van der Waals surface area contributed by atoms with Crippen molar-refractivity contribution in [3.63, 3.8) is 0 Å². The highest BCUT2D eigenvalue weighted by atomic mass is 16.5. The van der Waals surface area contributed by atoms with Crippen LogP contribution in [-0.4, -0.2) is 12.6 Å². The second-order valence-electron chi connectivity index (χ2n) is 8.52. The maximum absolute atomic E-state index is 11.3. The first-order chi connectivity index (χ1) is 10.8. The Morgan fingerprint density at radius 2 is 1.13 bits per heavy atom. The molecule has 0 aromatic heterocycles. The standard InChI is InChI=1S/C21H42O2/c1-19(2)20(22)23-18-16-14-12-10-8-6-7-9-11-13-15-17-21(3,4)5/h19H,6-18H2,1-5H3. The number of ether oxygens (including phenoxy) is 1. The van der Waals surface area contributed by atoms with E-state index < -0.39 is 0 Å². The van der Waals surface area contributed by atoms with E-state index in [1.54, 1.807) is 0 Å². The van der Waals surface area contributed by atoms with Crippen LogP contribution in [0.5, 0.6) is 0 Å². The first kappa shape index (κ1) is 22.5. The first-order valence-corrected chi connectivity index (χ1v) is 9.99. The third-order valence-electron chi connectivity index (χ3n) is 4.29. The van der Waals surface area contributed by atoms with Crippen molar-refractivity contribution in [2.75, 3.05) is 6.61 Å². The Morgan fingerprint density at radius 1 is 0.739 bits per heavy atom. The Balaban J connectivity index is 3.12. The van der Waals surface area contributed by atoms with Gasteiger partial charge in [0.05, 0.1) is 12.5 Å². The summed E-state index contributed by atoms with van der Waals surface area (Å²) in [6, 6.07) is 0. The van der Waals surface area contributed by atoms with Crippen LogP contribution in [-0.2, 0) is 9.53 Å². The monoisotopic (exact) mass is 326 g/mol. The van der Waals surface area contributed by atoms with Gasteiger partial charge in [0.25, 0.3) is 0 Å².